The predicted molar refractivity (Wildman–Crippen MR) is 127 cm³/mol. The highest BCUT2D eigenvalue weighted by Crippen LogP contribution is 2.44. The normalized spacial score (nSPS) is 22.0. The van der Waals surface area contributed by atoms with Crippen LogP contribution in [0.2, 0.25) is 0 Å². The number of anilines is 1. The molecule has 0 bridgehead atoms. The molecule has 4 heterocycles. The van der Waals surface area contributed by atoms with Crippen molar-refractivity contribution in [2.75, 3.05) is 31.1 Å². The summed E-state index contributed by atoms with van der Waals surface area (Å²) < 4.78 is 38.7. The van der Waals surface area contributed by atoms with Gasteiger partial charge in [0.05, 0.1) is 24.3 Å². The molecule has 3 aromatic rings. The molecule has 0 radical (unpaired) electrons. The number of fused-ring (bicyclic) bond motifs is 1. The SMILES string of the molecule is CC(c1ccc(CC#N)cc1)N1CCC2(CCN(c3ncnc4sc(CC(F)(F)F)cc34)C2)C1. The van der Waals surface area contributed by atoms with Crippen molar-refractivity contribution in [2.24, 2.45) is 5.41 Å². The number of hydrogen-bond donors (Lipinski definition) is 0. The van der Waals surface area contributed by atoms with Crippen LogP contribution in [0.1, 0.15) is 41.8 Å². The van der Waals surface area contributed by atoms with E-state index < -0.39 is 12.6 Å². The number of aromatic nitrogens is 2. The maximum atomic E-state index is 12.9. The van der Waals surface area contributed by atoms with Crippen LogP contribution < -0.4 is 4.90 Å². The number of nitrogens with zero attached hydrogens (tertiary/aromatic N) is 5. The van der Waals surface area contributed by atoms with Crippen LogP contribution in [0.5, 0.6) is 0 Å². The third-order valence-electron chi connectivity index (χ3n) is 7.23. The summed E-state index contributed by atoms with van der Waals surface area (Å²) >= 11 is 1.10. The van der Waals surface area contributed by atoms with Gasteiger partial charge >= 0.3 is 6.18 Å². The Labute approximate surface area is 200 Å². The summed E-state index contributed by atoms with van der Waals surface area (Å²) in [6, 6.07) is 12.4. The summed E-state index contributed by atoms with van der Waals surface area (Å²) in [4.78, 5) is 14.4. The second-order valence-electron chi connectivity index (χ2n) is 9.57. The number of halogens is 3. The molecule has 0 saturated carbocycles. The highest BCUT2D eigenvalue weighted by molar-refractivity contribution is 7.18. The molecular weight excluding hydrogens is 459 g/mol. The molecule has 9 heteroatoms. The van der Waals surface area contributed by atoms with Gasteiger partial charge in [0.1, 0.15) is 17.0 Å². The quantitative estimate of drug-likeness (QED) is 0.476. The van der Waals surface area contributed by atoms with Gasteiger partial charge < -0.3 is 4.90 Å². The predicted octanol–water partition coefficient (Wildman–Crippen LogP) is 5.53. The minimum Gasteiger partial charge on any atom is -0.355 e. The van der Waals surface area contributed by atoms with Crippen LogP contribution in [0, 0.1) is 16.7 Å². The molecule has 2 aliphatic rings. The van der Waals surface area contributed by atoms with E-state index in [9.17, 15) is 13.2 Å². The van der Waals surface area contributed by atoms with E-state index in [-0.39, 0.29) is 16.3 Å². The fourth-order valence-electron chi connectivity index (χ4n) is 5.40. The Morgan fingerprint density at radius 1 is 1.15 bits per heavy atom. The topological polar surface area (TPSA) is 56.1 Å². The molecule has 178 valence electrons. The number of alkyl halides is 3. The summed E-state index contributed by atoms with van der Waals surface area (Å²) in [7, 11) is 0. The van der Waals surface area contributed by atoms with Crippen molar-refractivity contribution >= 4 is 27.4 Å². The first-order chi connectivity index (χ1) is 16.3. The second kappa shape index (κ2) is 8.82. The summed E-state index contributed by atoms with van der Waals surface area (Å²) in [6.45, 7) is 5.94. The fraction of sp³-hybridized carbons (Fsp3) is 0.480. The van der Waals surface area contributed by atoms with E-state index in [2.05, 4.69) is 44.9 Å². The second-order valence-corrected chi connectivity index (χ2v) is 10.7. The van der Waals surface area contributed by atoms with Gasteiger partial charge in [0.2, 0.25) is 0 Å². The Balaban J connectivity index is 1.29. The number of rotatable bonds is 5. The number of thiophene rings is 1. The maximum absolute atomic E-state index is 12.9. The van der Waals surface area contributed by atoms with Crippen molar-refractivity contribution in [3.05, 3.63) is 52.7 Å². The standard InChI is InChI=1S/C25H26F3N5S/c1-17(19-4-2-18(3-5-19)6-9-29)32-10-7-24(14-32)8-11-33(15-24)22-21-12-20(13-25(26,27)28)34-23(21)31-16-30-22/h2-5,12,16-17H,6-8,10-11,13-15H2,1H3. The lowest BCUT2D eigenvalue weighted by Crippen LogP contribution is -2.32. The Morgan fingerprint density at radius 2 is 1.91 bits per heavy atom. The average molecular weight is 486 g/mol. The van der Waals surface area contributed by atoms with Gasteiger partial charge in [-0.3, -0.25) is 4.90 Å². The first-order valence-electron chi connectivity index (χ1n) is 11.5. The molecule has 2 unspecified atom stereocenters. The Morgan fingerprint density at radius 3 is 2.65 bits per heavy atom. The highest BCUT2D eigenvalue weighted by atomic mass is 32.1. The van der Waals surface area contributed by atoms with E-state index >= 15 is 0 Å². The van der Waals surface area contributed by atoms with Crippen LogP contribution in [0.25, 0.3) is 10.2 Å². The maximum Gasteiger partial charge on any atom is 0.393 e. The van der Waals surface area contributed by atoms with E-state index in [1.54, 1.807) is 6.07 Å². The third-order valence-corrected chi connectivity index (χ3v) is 8.28. The zero-order valence-corrected chi connectivity index (χ0v) is 19.8. The van der Waals surface area contributed by atoms with Gasteiger partial charge in [-0.25, -0.2) is 9.97 Å². The summed E-state index contributed by atoms with van der Waals surface area (Å²) in [5.74, 6) is 0.756. The van der Waals surface area contributed by atoms with Crippen LogP contribution in [0.4, 0.5) is 19.0 Å². The van der Waals surface area contributed by atoms with Gasteiger partial charge in [-0.15, -0.1) is 11.3 Å². The molecule has 2 aromatic heterocycles. The van der Waals surface area contributed by atoms with Gasteiger partial charge in [0, 0.05) is 36.0 Å². The van der Waals surface area contributed by atoms with Crippen molar-refractivity contribution in [3.63, 3.8) is 0 Å². The first kappa shape index (κ1) is 23.1. The number of hydrogen-bond acceptors (Lipinski definition) is 6. The van der Waals surface area contributed by atoms with Gasteiger partial charge in [0.25, 0.3) is 0 Å². The zero-order valence-electron chi connectivity index (χ0n) is 19.0. The molecule has 5 nitrogen and oxygen atoms in total. The van der Waals surface area contributed by atoms with Crippen LogP contribution >= 0.6 is 11.3 Å². The largest absolute Gasteiger partial charge is 0.393 e. The van der Waals surface area contributed by atoms with Crippen LogP contribution in [0.15, 0.2) is 36.7 Å². The van der Waals surface area contributed by atoms with Crippen molar-refractivity contribution in [3.8, 4) is 6.07 Å². The van der Waals surface area contributed by atoms with E-state index in [0.717, 1.165) is 67.1 Å². The monoisotopic (exact) mass is 485 g/mol. The van der Waals surface area contributed by atoms with Crippen LogP contribution in [-0.2, 0) is 12.8 Å². The number of nitriles is 1. The van der Waals surface area contributed by atoms with Crippen molar-refractivity contribution in [1.82, 2.24) is 14.9 Å². The number of likely N-dealkylation sites (tertiary alicyclic amines) is 1. The first-order valence-corrected chi connectivity index (χ1v) is 12.3. The van der Waals surface area contributed by atoms with Gasteiger partial charge in [-0.05, 0) is 43.5 Å². The molecule has 1 spiro atoms. The average Bonchev–Trinajstić information content (AvgIpc) is 3.51. The molecule has 34 heavy (non-hydrogen) atoms. The smallest absolute Gasteiger partial charge is 0.355 e. The molecule has 2 saturated heterocycles. The van der Waals surface area contributed by atoms with Crippen molar-refractivity contribution in [2.45, 2.75) is 44.8 Å². The summed E-state index contributed by atoms with van der Waals surface area (Å²) in [5.41, 5.74) is 2.45. The molecule has 2 fully saturated rings. The van der Waals surface area contributed by atoms with E-state index in [1.807, 2.05) is 12.1 Å². The lowest BCUT2D eigenvalue weighted by atomic mass is 9.86. The molecule has 5 rings (SSSR count). The summed E-state index contributed by atoms with van der Waals surface area (Å²) in [6.07, 6.45) is -1.13. The Kier molecular flexibility index (Phi) is 5.98. The van der Waals surface area contributed by atoms with E-state index in [4.69, 9.17) is 5.26 Å². The molecule has 2 aliphatic heterocycles. The van der Waals surface area contributed by atoms with Gasteiger partial charge in [-0.2, -0.15) is 18.4 Å². The van der Waals surface area contributed by atoms with Crippen molar-refractivity contribution in [1.29, 1.82) is 5.26 Å². The van der Waals surface area contributed by atoms with Gasteiger partial charge in [0.15, 0.2) is 0 Å². The lowest BCUT2D eigenvalue weighted by molar-refractivity contribution is -0.126. The van der Waals surface area contributed by atoms with Crippen LogP contribution in [-0.4, -0.2) is 47.2 Å². The molecular formula is C25H26F3N5S. The summed E-state index contributed by atoms with van der Waals surface area (Å²) in [5, 5.41) is 9.61. The molecule has 0 N–H and O–H groups in total. The highest BCUT2D eigenvalue weighted by Gasteiger charge is 2.45. The molecule has 0 amide bonds. The van der Waals surface area contributed by atoms with E-state index in [0.29, 0.717) is 11.3 Å². The van der Waals surface area contributed by atoms with Crippen LogP contribution in [0.3, 0.4) is 0 Å². The fourth-order valence-corrected chi connectivity index (χ4v) is 6.42. The van der Waals surface area contributed by atoms with E-state index in [1.165, 1.54) is 11.9 Å². The molecule has 1 aromatic carbocycles. The van der Waals surface area contributed by atoms with Gasteiger partial charge in [-0.1, -0.05) is 24.3 Å². The Bertz CT molecular complexity index is 1220. The zero-order chi connectivity index (χ0) is 23.9. The molecule has 2 atom stereocenters. The van der Waals surface area contributed by atoms with Crippen molar-refractivity contribution < 1.29 is 13.2 Å². The third kappa shape index (κ3) is 4.62. The minimum absolute atomic E-state index is 0.164. The Hall–Kier alpha value is -2.70. The minimum atomic E-state index is -4.23. The number of benzene rings is 1. The lowest BCUT2D eigenvalue weighted by Gasteiger charge is -2.28. The molecule has 0 aliphatic carbocycles.